The van der Waals surface area contributed by atoms with E-state index in [0.29, 0.717) is 17.9 Å². The highest BCUT2D eigenvalue weighted by atomic mass is 15.3. The van der Waals surface area contributed by atoms with Crippen molar-refractivity contribution in [3.63, 3.8) is 0 Å². The Morgan fingerprint density at radius 1 is 1.13 bits per heavy atom. The Morgan fingerprint density at radius 2 is 1.78 bits per heavy atom. The van der Waals surface area contributed by atoms with E-state index in [1.807, 2.05) is 10.6 Å². The number of aromatic nitrogens is 1. The zero-order valence-electron chi connectivity index (χ0n) is 13.2. The number of rotatable bonds is 4. The number of hydrogen-bond donors (Lipinski definition) is 1. The largest absolute Gasteiger partial charge is 0.396 e. The summed E-state index contributed by atoms with van der Waals surface area (Å²) in [5.41, 5.74) is 8.66. The van der Waals surface area contributed by atoms with Gasteiger partial charge in [0.15, 0.2) is 0 Å². The smallest absolute Gasteiger partial charge is 0.133 e. The fourth-order valence-corrected chi connectivity index (χ4v) is 3.13. The number of piperazine rings is 1. The normalized spacial score (nSPS) is 14.6. The van der Waals surface area contributed by atoms with Crippen molar-refractivity contribution in [1.82, 2.24) is 4.57 Å². The van der Waals surface area contributed by atoms with Crippen molar-refractivity contribution >= 4 is 17.2 Å². The van der Waals surface area contributed by atoms with E-state index in [2.05, 4.69) is 46.7 Å². The second kappa shape index (κ2) is 6.49. The van der Waals surface area contributed by atoms with Crippen molar-refractivity contribution < 1.29 is 0 Å². The summed E-state index contributed by atoms with van der Waals surface area (Å²) in [5.74, 6) is 0.939. The Hall–Kier alpha value is -2.87. The Kier molecular flexibility index (Phi) is 4.24. The maximum Gasteiger partial charge on any atom is 0.133 e. The predicted octanol–water partition coefficient (Wildman–Crippen LogP) is 2.45. The fourth-order valence-electron chi connectivity index (χ4n) is 3.13. The number of hydrogen-bond acceptors (Lipinski definition) is 4. The van der Waals surface area contributed by atoms with Gasteiger partial charge in [-0.15, -0.1) is 6.58 Å². The average Bonchev–Trinajstić information content (AvgIpc) is 2.92. The first-order valence-corrected chi connectivity index (χ1v) is 7.79. The van der Waals surface area contributed by atoms with E-state index in [-0.39, 0.29) is 0 Å². The number of para-hydroxylation sites is 1. The van der Waals surface area contributed by atoms with Crippen molar-refractivity contribution in [3.8, 4) is 6.07 Å². The Bertz CT molecular complexity index is 718. The summed E-state index contributed by atoms with van der Waals surface area (Å²) in [6.07, 6.45) is 1.80. The van der Waals surface area contributed by atoms with Gasteiger partial charge in [0.2, 0.25) is 0 Å². The highest BCUT2D eigenvalue weighted by Gasteiger charge is 2.23. The molecule has 0 spiro atoms. The minimum atomic E-state index is 0.586. The highest BCUT2D eigenvalue weighted by Crippen LogP contribution is 2.29. The van der Waals surface area contributed by atoms with Crippen LogP contribution in [0.15, 0.2) is 49.1 Å². The summed E-state index contributed by atoms with van der Waals surface area (Å²) < 4.78 is 1.94. The molecule has 0 bridgehead atoms. The van der Waals surface area contributed by atoms with Crippen molar-refractivity contribution in [2.24, 2.45) is 0 Å². The molecule has 3 rings (SSSR count). The summed E-state index contributed by atoms with van der Waals surface area (Å²) in [6, 6.07) is 14.4. The van der Waals surface area contributed by atoms with Gasteiger partial charge in [-0.3, -0.25) is 0 Å². The number of nitrogens with zero attached hydrogens (tertiary/aromatic N) is 4. The number of anilines is 3. The third-order valence-electron chi connectivity index (χ3n) is 4.22. The molecule has 2 aromatic rings. The molecule has 2 heterocycles. The predicted molar refractivity (Wildman–Crippen MR) is 94.6 cm³/mol. The number of benzene rings is 1. The lowest BCUT2D eigenvalue weighted by molar-refractivity contribution is 0.631. The lowest BCUT2D eigenvalue weighted by Crippen LogP contribution is -2.47. The first-order chi connectivity index (χ1) is 11.2. The Morgan fingerprint density at radius 3 is 2.39 bits per heavy atom. The van der Waals surface area contributed by atoms with Gasteiger partial charge in [-0.05, 0) is 18.2 Å². The molecule has 1 aromatic heterocycles. The van der Waals surface area contributed by atoms with Crippen molar-refractivity contribution in [3.05, 3.63) is 54.7 Å². The summed E-state index contributed by atoms with van der Waals surface area (Å²) in [7, 11) is 0. The van der Waals surface area contributed by atoms with Crippen LogP contribution in [0.5, 0.6) is 0 Å². The molecule has 0 amide bonds. The van der Waals surface area contributed by atoms with Gasteiger partial charge in [0.05, 0.1) is 5.69 Å². The molecule has 1 saturated heterocycles. The fraction of sp³-hybridized carbons (Fsp3) is 0.278. The van der Waals surface area contributed by atoms with E-state index < -0.39 is 0 Å². The third-order valence-corrected chi connectivity index (χ3v) is 4.22. The van der Waals surface area contributed by atoms with Crippen LogP contribution in [0.1, 0.15) is 5.69 Å². The molecule has 1 aliphatic heterocycles. The molecule has 5 heteroatoms. The molecule has 1 fully saturated rings. The minimum Gasteiger partial charge on any atom is -0.396 e. The molecule has 1 aromatic carbocycles. The third kappa shape index (κ3) is 2.88. The van der Waals surface area contributed by atoms with Crippen LogP contribution < -0.4 is 15.5 Å². The molecule has 23 heavy (non-hydrogen) atoms. The van der Waals surface area contributed by atoms with Gasteiger partial charge >= 0.3 is 0 Å². The number of nitriles is 1. The van der Waals surface area contributed by atoms with Crippen LogP contribution >= 0.6 is 0 Å². The summed E-state index contributed by atoms with van der Waals surface area (Å²) in [6.45, 7) is 8.00. The van der Waals surface area contributed by atoms with E-state index in [0.717, 1.165) is 32.0 Å². The topological polar surface area (TPSA) is 61.2 Å². The maximum atomic E-state index is 9.28. The van der Waals surface area contributed by atoms with Crippen molar-refractivity contribution in [1.29, 1.82) is 5.26 Å². The zero-order valence-corrected chi connectivity index (χ0v) is 13.2. The van der Waals surface area contributed by atoms with E-state index >= 15 is 0 Å². The van der Waals surface area contributed by atoms with Crippen LogP contribution in [-0.2, 0) is 6.54 Å². The first kappa shape index (κ1) is 15.0. The average molecular weight is 307 g/mol. The van der Waals surface area contributed by atoms with Gasteiger partial charge in [-0.2, -0.15) is 5.26 Å². The quantitative estimate of drug-likeness (QED) is 0.881. The van der Waals surface area contributed by atoms with Crippen molar-refractivity contribution in [2.45, 2.75) is 6.54 Å². The second-order valence-electron chi connectivity index (χ2n) is 5.63. The molecular weight excluding hydrogens is 286 g/mol. The van der Waals surface area contributed by atoms with Gasteiger partial charge in [0.1, 0.15) is 17.6 Å². The van der Waals surface area contributed by atoms with Crippen LogP contribution in [0.3, 0.4) is 0 Å². The molecular formula is C18H21N5. The van der Waals surface area contributed by atoms with Crippen LogP contribution in [0.25, 0.3) is 0 Å². The molecule has 1 aliphatic rings. The number of allylic oxidation sites excluding steroid dienone is 1. The van der Waals surface area contributed by atoms with E-state index in [1.165, 1.54) is 5.69 Å². The van der Waals surface area contributed by atoms with Gasteiger partial charge in [-0.25, -0.2) is 0 Å². The summed E-state index contributed by atoms with van der Waals surface area (Å²) in [4.78, 5) is 4.64. The van der Waals surface area contributed by atoms with Crippen LogP contribution in [0, 0.1) is 11.3 Å². The molecule has 0 atom stereocenters. The van der Waals surface area contributed by atoms with Gasteiger partial charge in [0, 0.05) is 38.4 Å². The summed E-state index contributed by atoms with van der Waals surface area (Å²) in [5, 5.41) is 9.28. The molecule has 5 nitrogen and oxygen atoms in total. The molecule has 2 N–H and O–H groups in total. The molecule has 0 saturated carbocycles. The maximum absolute atomic E-state index is 9.28. The lowest BCUT2D eigenvalue weighted by Gasteiger charge is -2.37. The molecule has 0 aliphatic carbocycles. The first-order valence-electron chi connectivity index (χ1n) is 7.79. The van der Waals surface area contributed by atoms with Crippen LogP contribution in [0.4, 0.5) is 17.2 Å². The van der Waals surface area contributed by atoms with Gasteiger partial charge in [0.25, 0.3) is 0 Å². The number of nitrogens with two attached hydrogens (primary N) is 1. The SMILES string of the molecule is C=CCn1c(C#N)cc(N)c1N1CCN(c2ccccc2)CC1. The van der Waals surface area contributed by atoms with Gasteiger partial charge in [-0.1, -0.05) is 24.3 Å². The van der Waals surface area contributed by atoms with E-state index in [9.17, 15) is 5.26 Å². The monoisotopic (exact) mass is 307 g/mol. The van der Waals surface area contributed by atoms with Crippen molar-refractivity contribution in [2.75, 3.05) is 41.7 Å². The minimum absolute atomic E-state index is 0.586. The van der Waals surface area contributed by atoms with Crippen LogP contribution in [0.2, 0.25) is 0 Å². The second-order valence-corrected chi connectivity index (χ2v) is 5.63. The summed E-state index contributed by atoms with van der Waals surface area (Å²) >= 11 is 0. The number of nitrogen functional groups attached to an aromatic ring is 1. The molecule has 0 unspecified atom stereocenters. The van der Waals surface area contributed by atoms with Crippen LogP contribution in [-0.4, -0.2) is 30.7 Å². The Balaban J connectivity index is 1.79. The standard InChI is InChI=1S/C18H21N5/c1-2-8-23-16(14-19)13-17(20)18(23)22-11-9-21(10-12-22)15-6-4-3-5-7-15/h2-7,13H,1,8-12,20H2. The van der Waals surface area contributed by atoms with E-state index in [1.54, 1.807) is 12.1 Å². The molecule has 118 valence electrons. The molecule has 0 radical (unpaired) electrons. The lowest BCUT2D eigenvalue weighted by atomic mass is 10.2. The van der Waals surface area contributed by atoms with E-state index in [4.69, 9.17) is 5.73 Å². The highest BCUT2D eigenvalue weighted by molar-refractivity contribution is 5.68. The Labute approximate surface area is 136 Å². The van der Waals surface area contributed by atoms with Gasteiger partial charge < -0.3 is 20.1 Å². The zero-order chi connectivity index (χ0) is 16.2.